The predicted octanol–water partition coefficient (Wildman–Crippen LogP) is 3.43. The lowest BCUT2D eigenvalue weighted by molar-refractivity contribution is -0.146. The molecule has 3 N–H and O–H groups in total. The number of rotatable bonds is 4. The van der Waals surface area contributed by atoms with Crippen molar-refractivity contribution < 1.29 is 14.3 Å². The lowest BCUT2D eigenvalue weighted by Crippen LogP contribution is -2.47. The summed E-state index contributed by atoms with van der Waals surface area (Å²) in [6.45, 7) is 7.36. The molecule has 0 bridgehead atoms. The summed E-state index contributed by atoms with van der Waals surface area (Å²) in [7, 11) is 0. The van der Waals surface area contributed by atoms with Crippen molar-refractivity contribution in [1.82, 2.24) is 29.4 Å². The van der Waals surface area contributed by atoms with Gasteiger partial charge in [-0.05, 0) is 57.9 Å². The standard InChI is InChI=1S/C25H34N8O3/c1-15(2)32-20(9-10-28-32)19-8-7-16(3)14-31(19)25(35)24(34)30-18-13-27-23(26)17-12-29-33(22(17)18)21-6-4-5-11-36-21/h9-10,12-13,15-16,19,21H,4-8,11,14H2,1-3H3,(H2,26,27)(H,30,34). The van der Waals surface area contributed by atoms with E-state index in [0.717, 1.165) is 37.8 Å². The van der Waals surface area contributed by atoms with Gasteiger partial charge >= 0.3 is 11.8 Å². The van der Waals surface area contributed by atoms with Crippen LogP contribution in [-0.4, -0.2) is 54.4 Å². The molecule has 2 aliphatic rings. The SMILES string of the molecule is CC1CCC(c2ccnn2C(C)C)N(C(=O)C(=O)Nc2cnc(N)c3cnn(C4CCCCO4)c23)C1. The number of amides is 2. The van der Waals surface area contributed by atoms with Crippen molar-refractivity contribution in [3.63, 3.8) is 0 Å². The van der Waals surface area contributed by atoms with E-state index < -0.39 is 11.8 Å². The number of likely N-dealkylation sites (tertiary alicyclic amines) is 1. The molecule has 11 heteroatoms. The van der Waals surface area contributed by atoms with Crippen molar-refractivity contribution >= 4 is 34.2 Å². The highest BCUT2D eigenvalue weighted by atomic mass is 16.5. The van der Waals surface area contributed by atoms with E-state index in [9.17, 15) is 9.59 Å². The van der Waals surface area contributed by atoms with Gasteiger partial charge in [0.05, 0.1) is 35.2 Å². The summed E-state index contributed by atoms with van der Waals surface area (Å²) < 4.78 is 9.57. The highest BCUT2D eigenvalue weighted by Crippen LogP contribution is 2.35. The molecule has 0 aliphatic carbocycles. The Morgan fingerprint density at radius 2 is 2.00 bits per heavy atom. The molecule has 0 radical (unpaired) electrons. The van der Waals surface area contributed by atoms with Crippen molar-refractivity contribution in [3.8, 4) is 0 Å². The summed E-state index contributed by atoms with van der Waals surface area (Å²) in [5.74, 6) is -0.686. The molecule has 2 amide bonds. The Bertz CT molecular complexity index is 1260. The van der Waals surface area contributed by atoms with Crippen molar-refractivity contribution in [2.24, 2.45) is 5.92 Å². The number of ether oxygens (including phenoxy) is 1. The molecule has 0 saturated carbocycles. The molecule has 3 atom stereocenters. The van der Waals surface area contributed by atoms with E-state index in [1.165, 1.54) is 6.20 Å². The van der Waals surface area contributed by atoms with Crippen LogP contribution in [0.25, 0.3) is 10.9 Å². The Labute approximate surface area is 210 Å². The number of nitrogens with two attached hydrogens (primary N) is 1. The van der Waals surface area contributed by atoms with E-state index in [2.05, 4.69) is 41.3 Å². The van der Waals surface area contributed by atoms with E-state index >= 15 is 0 Å². The van der Waals surface area contributed by atoms with Crippen LogP contribution in [0.2, 0.25) is 0 Å². The smallest absolute Gasteiger partial charge is 0.314 e. The van der Waals surface area contributed by atoms with Crippen LogP contribution in [0.5, 0.6) is 0 Å². The van der Waals surface area contributed by atoms with E-state index in [4.69, 9.17) is 10.5 Å². The zero-order chi connectivity index (χ0) is 25.4. The topological polar surface area (TPSA) is 133 Å². The zero-order valence-corrected chi connectivity index (χ0v) is 21.1. The minimum atomic E-state index is -0.713. The number of carbonyl (C=O) groups excluding carboxylic acids is 2. The van der Waals surface area contributed by atoms with Gasteiger partial charge < -0.3 is 20.7 Å². The number of fused-ring (bicyclic) bond motifs is 1. The molecule has 5 heterocycles. The van der Waals surface area contributed by atoms with E-state index in [1.54, 1.807) is 22.0 Å². The van der Waals surface area contributed by atoms with Crippen LogP contribution >= 0.6 is 0 Å². The van der Waals surface area contributed by atoms with Gasteiger partial charge in [0.1, 0.15) is 11.3 Å². The van der Waals surface area contributed by atoms with Gasteiger partial charge in [0.2, 0.25) is 0 Å². The van der Waals surface area contributed by atoms with Crippen LogP contribution in [0.1, 0.15) is 76.9 Å². The molecule has 5 rings (SSSR count). The minimum Gasteiger partial charge on any atom is -0.383 e. The normalized spacial score (nSPS) is 22.8. The second-order valence-electron chi connectivity index (χ2n) is 10.1. The quantitative estimate of drug-likeness (QED) is 0.531. The van der Waals surface area contributed by atoms with Gasteiger partial charge in [0.25, 0.3) is 0 Å². The number of carbonyl (C=O) groups is 2. The summed E-state index contributed by atoms with van der Waals surface area (Å²) in [6, 6.07) is 1.88. The molecular formula is C25H34N8O3. The number of hydrogen-bond donors (Lipinski definition) is 2. The summed E-state index contributed by atoms with van der Waals surface area (Å²) in [5.41, 5.74) is 8.04. The Balaban J connectivity index is 1.44. The molecule has 3 unspecified atom stereocenters. The third kappa shape index (κ3) is 4.43. The first kappa shape index (κ1) is 24.2. The van der Waals surface area contributed by atoms with Crippen molar-refractivity contribution in [2.75, 3.05) is 24.2 Å². The molecule has 11 nitrogen and oxygen atoms in total. The maximum Gasteiger partial charge on any atom is 0.314 e. The summed E-state index contributed by atoms with van der Waals surface area (Å²) in [6.07, 6.45) is 9.19. The number of nitrogens with one attached hydrogen (secondary N) is 1. The second-order valence-corrected chi connectivity index (χ2v) is 10.1. The number of piperidine rings is 1. The molecular weight excluding hydrogens is 460 g/mol. The van der Waals surface area contributed by atoms with Gasteiger partial charge in [-0.2, -0.15) is 10.2 Å². The Morgan fingerprint density at radius 1 is 1.17 bits per heavy atom. The van der Waals surface area contributed by atoms with E-state index in [-0.39, 0.29) is 18.3 Å². The van der Waals surface area contributed by atoms with Crippen LogP contribution in [0.15, 0.2) is 24.7 Å². The maximum atomic E-state index is 13.6. The van der Waals surface area contributed by atoms with Crippen molar-refractivity contribution in [2.45, 2.75) is 71.2 Å². The fourth-order valence-corrected chi connectivity index (χ4v) is 5.32. The number of nitrogen functional groups attached to an aromatic ring is 1. The number of hydrogen-bond acceptors (Lipinski definition) is 7. The fraction of sp³-hybridized carbons (Fsp3) is 0.560. The van der Waals surface area contributed by atoms with Crippen LogP contribution in [0, 0.1) is 5.92 Å². The van der Waals surface area contributed by atoms with E-state index in [1.807, 2.05) is 10.7 Å². The number of pyridine rings is 1. The third-order valence-electron chi connectivity index (χ3n) is 7.14. The van der Waals surface area contributed by atoms with Crippen molar-refractivity contribution in [1.29, 1.82) is 0 Å². The lowest BCUT2D eigenvalue weighted by Gasteiger charge is -2.38. The Kier molecular flexibility index (Phi) is 6.65. The Morgan fingerprint density at radius 3 is 2.75 bits per heavy atom. The maximum absolute atomic E-state index is 13.6. The first-order valence-electron chi connectivity index (χ1n) is 12.7. The largest absolute Gasteiger partial charge is 0.383 e. The molecule has 3 aromatic heterocycles. The molecule has 192 valence electrons. The molecule has 2 saturated heterocycles. The van der Waals surface area contributed by atoms with Crippen LogP contribution in [-0.2, 0) is 14.3 Å². The molecule has 0 spiro atoms. The fourth-order valence-electron chi connectivity index (χ4n) is 5.32. The van der Waals surface area contributed by atoms with Crippen LogP contribution in [0.4, 0.5) is 11.5 Å². The summed E-state index contributed by atoms with van der Waals surface area (Å²) >= 11 is 0. The van der Waals surface area contributed by atoms with Gasteiger partial charge in [0, 0.05) is 25.4 Å². The first-order chi connectivity index (χ1) is 17.3. The average Bonchev–Trinajstić information content (AvgIpc) is 3.54. The van der Waals surface area contributed by atoms with Crippen molar-refractivity contribution in [3.05, 3.63) is 30.4 Å². The van der Waals surface area contributed by atoms with Gasteiger partial charge in [0.15, 0.2) is 6.23 Å². The number of nitrogens with zero attached hydrogens (tertiary/aromatic N) is 6. The average molecular weight is 495 g/mol. The predicted molar refractivity (Wildman–Crippen MR) is 135 cm³/mol. The summed E-state index contributed by atoms with van der Waals surface area (Å²) in [4.78, 5) is 32.8. The zero-order valence-electron chi connectivity index (χ0n) is 21.1. The first-order valence-corrected chi connectivity index (χ1v) is 12.7. The highest BCUT2D eigenvalue weighted by molar-refractivity contribution is 6.40. The monoisotopic (exact) mass is 494 g/mol. The number of aromatic nitrogens is 5. The van der Waals surface area contributed by atoms with Gasteiger partial charge in [-0.1, -0.05) is 6.92 Å². The minimum absolute atomic E-state index is 0.150. The van der Waals surface area contributed by atoms with Gasteiger partial charge in [-0.3, -0.25) is 14.3 Å². The number of anilines is 2. The van der Waals surface area contributed by atoms with E-state index in [0.29, 0.717) is 41.5 Å². The molecule has 2 fully saturated rings. The van der Waals surface area contributed by atoms with Gasteiger partial charge in [-0.25, -0.2) is 9.67 Å². The second kappa shape index (κ2) is 9.88. The van der Waals surface area contributed by atoms with Gasteiger partial charge in [-0.15, -0.1) is 0 Å². The third-order valence-corrected chi connectivity index (χ3v) is 7.14. The molecule has 0 aromatic carbocycles. The highest BCUT2D eigenvalue weighted by Gasteiger charge is 2.36. The molecule has 36 heavy (non-hydrogen) atoms. The van der Waals surface area contributed by atoms with Crippen LogP contribution in [0.3, 0.4) is 0 Å². The van der Waals surface area contributed by atoms with Crippen LogP contribution < -0.4 is 11.1 Å². The molecule has 2 aliphatic heterocycles. The Hall–Kier alpha value is -3.47. The molecule has 3 aromatic rings. The summed E-state index contributed by atoms with van der Waals surface area (Å²) in [5, 5.41) is 12.3. The lowest BCUT2D eigenvalue weighted by atomic mass is 9.92.